The fraction of sp³-hybridized carbons (Fsp3) is 0.900. The number of halogens is 3. The maximum absolute atomic E-state index is 12.9. The molecule has 6 heteroatoms. The van der Waals surface area contributed by atoms with E-state index in [4.69, 9.17) is 0 Å². The molecule has 0 bridgehead atoms. The van der Waals surface area contributed by atoms with Crippen LogP contribution in [0.2, 0.25) is 0 Å². The molecule has 1 unspecified atom stereocenters. The fourth-order valence-corrected chi connectivity index (χ4v) is 2.09. The molecule has 0 aromatic heterocycles. The van der Waals surface area contributed by atoms with Gasteiger partial charge in [-0.2, -0.15) is 0 Å². The van der Waals surface area contributed by atoms with Gasteiger partial charge in [0.2, 0.25) is 5.91 Å². The van der Waals surface area contributed by atoms with Crippen LogP contribution in [0.5, 0.6) is 0 Å². The van der Waals surface area contributed by atoms with Crippen LogP contribution in [0.15, 0.2) is 0 Å². The first-order chi connectivity index (χ1) is 6.99. The molecule has 2 rings (SSSR count). The summed E-state index contributed by atoms with van der Waals surface area (Å²) < 4.78 is 25.8. The van der Waals surface area contributed by atoms with Gasteiger partial charge in [0.25, 0.3) is 5.92 Å². The van der Waals surface area contributed by atoms with E-state index in [2.05, 4.69) is 5.32 Å². The molecular formula is C10H17ClF2N2O. The van der Waals surface area contributed by atoms with Crippen molar-refractivity contribution in [2.75, 3.05) is 13.6 Å². The Hall–Kier alpha value is -0.420. The topological polar surface area (TPSA) is 32.3 Å². The highest BCUT2D eigenvalue weighted by Gasteiger charge is 2.44. The van der Waals surface area contributed by atoms with Gasteiger partial charge in [0, 0.05) is 19.5 Å². The van der Waals surface area contributed by atoms with Crippen LogP contribution < -0.4 is 5.32 Å². The average molecular weight is 255 g/mol. The second-order valence-electron chi connectivity index (χ2n) is 4.53. The number of nitrogens with one attached hydrogen (secondary N) is 1. The number of rotatable bonds is 2. The van der Waals surface area contributed by atoms with E-state index < -0.39 is 12.0 Å². The summed E-state index contributed by atoms with van der Waals surface area (Å²) in [5.41, 5.74) is 0. The Kier molecular flexibility index (Phi) is 4.12. The minimum absolute atomic E-state index is 0. The van der Waals surface area contributed by atoms with Gasteiger partial charge < -0.3 is 4.90 Å². The van der Waals surface area contributed by atoms with Crippen LogP contribution in [0.3, 0.4) is 0 Å². The van der Waals surface area contributed by atoms with Crippen molar-refractivity contribution in [1.29, 1.82) is 0 Å². The van der Waals surface area contributed by atoms with E-state index in [0.717, 1.165) is 19.3 Å². The number of carbonyl (C=O) groups excluding carboxylic acids is 1. The summed E-state index contributed by atoms with van der Waals surface area (Å²) in [6, 6.07) is -0.417. The largest absolute Gasteiger partial charge is 0.341 e. The monoisotopic (exact) mass is 254 g/mol. The van der Waals surface area contributed by atoms with Crippen molar-refractivity contribution in [3.63, 3.8) is 0 Å². The SMILES string of the molecule is CN(C(=O)C1CC(F)(F)CN1)C1CCC1.Cl. The predicted octanol–water partition coefficient (Wildman–Crippen LogP) is 1.42. The lowest BCUT2D eigenvalue weighted by Crippen LogP contribution is -2.48. The Bertz CT molecular complexity index is 272. The van der Waals surface area contributed by atoms with Crippen molar-refractivity contribution in [3.05, 3.63) is 0 Å². The van der Waals surface area contributed by atoms with E-state index in [0.29, 0.717) is 0 Å². The van der Waals surface area contributed by atoms with Crippen molar-refractivity contribution in [1.82, 2.24) is 10.2 Å². The number of alkyl halides is 2. The van der Waals surface area contributed by atoms with Crippen molar-refractivity contribution in [3.8, 4) is 0 Å². The molecule has 0 aromatic rings. The maximum Gasteiger partial charge on any atom is 0.262 e. The fourth-order valence-electron chi connectivity index (χ4n) is 2.09. The van der Waals surface area contributed by atoms with Gasteiger partial charge in [-0.1, -0.05) is 0 Å². The van der Waals surface area contributed by atoms with Gasteiger partial charge >= 0.3 is 0 Å². The first-order valence-corrected chi connectivity index (χ1v) is 5.37. The maximum atomic E-state index is 12.9. The Morgan fingerprint density at radius 3 is 2.44 bits per heavy atom. The third-order valence-electron chi connectivity index (χ3n) is 3.38. The molecule has 1 atom stereocenters. The molecule has 16 heavy (non-hydrogen) atoms. The van der Waals surface area contributed by atoms with Gasteiger partial charge in [-0.25, -0.2) is 8.78 Å². The third kappa shape index (κ3) is 2.63. The lowest BCUT2D eigenvalue weighted by atomic mass is 9.91. The Morgan fingerprint density at radius 1 is 1.44 bits per heavy atom. The predicted molar refractivity (Wildman–Crippen MR) is 59.0 cm³/mol. The second kappa shape index (κ2) is 4.84. The summed E-state index contributed by atoms with van der Waals surface area (Å²) in [6.45, 7) is -0.373. The van der Waals surface area contributed by atoms with Gasteiger partial charge in [0.05, 0.1) is 12.6 Å². The summed E-state index contributed by atoms with van der Waals surface area (Å²) in [4.78, 5) is 13.4. The zero-order valence-electron chi connectivity index (χ0n) is 9.21. The summed E-state index contributed by atoms with van der Waals surface area (Å²) in [5.74, 6) is -2.90. The van der Waals surface area contributed by atoms with E-state index in [1.54, 1.807) is 11.9 Å². The van der Waals surface area contributed by atoms with Crippen molar-refractivity contribution < 1.29 is 13.6 Å². The van der Waals surface area contributed by atoms with Crippen LogP contribution in [0.4, 0.5) is 8.78 Å². The molecule has 0 aromatic carbocycles. The van der Waals surface area contributed by atoms with Crippen molar-refractivity contribution >= 4 is 18.3 Å². The summed E-state index contributed by atoms with van der Waals surface area (Å²) in [7, 11) is 1.71. The Morgan fingerprint density at radius 2 is 2.06 bits per heavy atom. The zero-order chi connectivity index (χ0) is 11.1. The molecule has 1 heterocycles. The van der Waals surface area contributed by atoms with Crippen LogP contribution in [0, 0.1) is 0 Å². The third-order valence-corrected chi connectivity index (χ3v) is 3.38. The van der Waals surface area contributed by atoms with Crippen LogP contribution in [-0.2, 0) is 4.79 Å². The number of amides is 1. The number of hydrogen-bond donors (Lipinski definition) is 1. The quantitative estimate of drug-likeness (QED) is 0.808. The normalized spacial score (nSPS) is 28.1. The Balaban J connectivity index is 0.00000128. The molecule has 2 fully saturated rings. The zero-order valence-corrected chi connectivity index (χ0v) is 10.0. The van der Waals surface area contributed by atoms with Crippen LogP contribution in [0.1, 0.15) is 25.7 Å². The van der Waals surface area contributed by atoms with E-state index in [-0.39, 0.29) is 37.3 Å². The molecule has 3 nitrogen and oxygen atoms in total. The molecule has 1 N–H and O–H groups in total. The minimum atomic E-state index is -2.72. The summed E-state index contributed by atoms with van der Waals surface area (Å²) in [5, 5.41) is 2.59. The molecule has 0 radical (unpaired) electrons. The second-order valence-corrected chi connectivity index (χ2v) is 4.53. The molecule has 1 aliphatic heterocycles. The lowest BCUT2D eigenvalue weighted by molar-refractivity contribution is -0.136. The molecular weight excluding hydrogens is 238 g/mol. The molecule has 1 amide bonds. The highest BCUT2D eigenvalue weighted by molar-refractivity contribution is 5.85. The minimum Gasteiger partial charge on any atom is -0.341 e. The molecule has 1 aliphatic carbocycles. The molecule has 0 spiro atoms. The van der Waals surface area contributed by atoms with Gasteiger partial charge in [-0.3, -0.25) is 10.1 Å². The molecule has 2 aliphatic rings. The number of carbonyl (C=O) groups is 1. The number of hydrogen-bond acceptors (Lipinski definition) is 2. The van der Waals surface area contributed by atoms with Crippen molar-refractivity contribution in [2.24, 2.45) is 0 Å². The van der Waals surface area contributed by atoms with Gasteiger partial charge in [0.1, 0.15) is 0 Å². The highest BCUT2D eigenvalue weighted by atomic mass is 35.5. The lowest BCUT2D eigenvalue weighted by Gasteiger charge is -2.36. The molecule has 1 saturated carbocycles. The van der Waals surface area contributed by atoms with Crippen LogP contribution >= 0.6 is 12.4 Å². The summed E-state index contributed by atoms with van der Waals surface area (Å²) >= 11 is 0. The van der Waals surface area contributed by atoms with E-state index >= 15 is 0 Å². The van der Waals surface area contributed by atoms with E-state index in [1.165, 1.54) is 0 Å². The highest BCUT2D eigenvalue weighted by Crippen LogP contribution is 2.28. The molecule has 94 valence electrons. The number of likely N-dealkylation sites (N-methyl/N-ethyl adjacent to an activating group) is 1. The smallest absolute Gasteiger partial charge is 0.262 e. The Labute approximate surface area is 100.0 Å². The first-order valence-electron chi connectivity index (χ1n) is 5.37. The average Bonchev–Trinajstić information content (AvgIpc) is 2.41. The van der Waals surface area contributed by atoms with Crippen LogP contribution in [0.25, 0.3) is 0 Å². The summed E-state index contributed by atoms with van der Waals surface area (Å²) in [6.07, 6.45) is 2.79. The first kappa shape index (κ1) is 13.6. The van der Waals surface area contributed by atoms with E-state index in [9.17, 15) is 13.6 Å². The molecule has 1 saturated heterocycles. The standard InChI is InChI=1S/C10H16F2N2O.ClH/c1-14(7-3-2-4-7)9(15)8-5-10(11,12)6-13-8;/h7-8,13H,2-6H2,1H3;1H. The van der Waals surface area contributed by atoms with Gasteiger partial charge in [-0.15, -0.1) is 12.4 Å². The van der Waals surface area contributed by atoms with Crippen molar-refractivity contribution in [2.45, 2.75) is 43.7 Å². The van der Waals surface area contributed by atoms with Gasteiger partial charge in [-0.05, 0) is 19.3 Å². The van der Waals surface area contributed by atoms with E-state index in [1.807, 2.05) is 0 Å². The van der Waals surface area contributed by atoms with Crippen LogP contribution in [-0.4, -0.2) is 42.4 Å². The van der Waals surface area contributed by atoms with Gasteiger partial charge in [0.15, 0.2) is 0 Å². The number of nitrogens with zero attached hydrogens (tertiary/aromatic N) is 1.